The van der Waals surface area contributed by atoms with Crippen LogP contribution in [0.15, 0.2) is 24.3 Å². The minimum absolute atomic E-state index is 0.131. The molecule has 4 nitrogen and oxygen atoms in total. The van der Waals surface area contributed by atoms with Crippen LogP contribution in [0.25, 0.3) is 0 Å². The standard InChI is InChI=1S/C16H22N2O2/c1-20-16(19)15(17-14-6-7-14)8-9-18-10-12-4-2-3-5-13(12)11-18/h2-5,14-15,17H,6-11H2,1H3. The van der Waals surface area contributed by atoms with Crippen LogP contribution in [0.3, 0.4) is 0 Å². The smallest absolute Gasteiger partial charge is 0.322 e. The van der Waals surface area contributed by atoms with E-state index in [2.05, 4.69) is 34.5 Å². The van der Waals surface area contributed by atoms with Crippen LogP contribution < -0.4 is 5.32 Å². The van der Waals surface area contributed by atoms with Crippen LogP contribution >= 0.6 is 0 Å². The second-order valence-corrected chi connectivity index (χ2v) is 5.78. The Kier molecular flexibility index (Phi) is 4.03. The van der Waals surface area contributed by atoms with Gasteiger partial charge in [-0.1, -0.05) is 24.3 Å². The number of carbonyl (C=O) groups is 1. The summed E-state index contributed by atoms with van der Waals surface area (Å²) >= 11 is 0. The van der Waals surface area contributed by atoms with E-state index in [4.69, 9.17) is 4.74 Å². The zero-order valence-electron chi connectivity index (χ0n) is 12.0. The van der Waals surface area contributed by atoms with Crippen molar-refractivity contribution in [2.24, 2.45) is 0 Å². The minimum atomic E-state index is -0.156. The van der Waals surface area contributed by atoms with Crippen molar-refractivity contribution in [2.75, 3.05) is 13.7 Å². The van der Waals surface area contributed by atoms with Crippen molar-refractivity contribution in [1.82, 2.24) is 10.2 Å². The number of methoxy groups -OCH3 is 1. The van der Waals surface area contributed by atoms with E-state index in [1.54, 1.807) is 0 Å². The average Bonchev–Trinajstić information content (AvgIpc) is 3.19. The Labute approximate surface area is 120 Å². The van der Waals surface area contributed by atoms with Crippen molar-refractivity contribution in [3.63, 3.8) is 0 Å². The molecule has 1 aromatic carbocycles. The molecule has 1 heterocycles. The van der Waals surface area contributed by atoms with Crippen molar-refractivity contribution in [3.05, 3.63) is 35.4 Å². The molecule has 0 bridgehead atoms. The Balaban J connectivity index is 1.52. The third-order valence-corrected chi connectivity index (χ3v) is 4.14. The lowest BCUT2D eigenvalue weighted by Crippen LogP contribution is -2.41. The lowest BCUT2D eigenvalue weighted by atomic mass is 10.1. The Hall–Kier alpha value is -1.39. The van der Waals surface area contributed by atoms with Crippen molar-refractivity contribution in [3.8, 4) is 0 Å². The van der Waals surface area contributed by atoms with E-state index in [1.165, 1.54) is 31.1 Å². The molecule has 0 aromatic heterocycles. The normalized spacial score (nSPS) is 19.6. The van der Waals surface area contributed by atoms with Crippen LogP contribution in [0.4, 0.5) is 0 Å². The highest BCUT2D eigenvalue weighted by molar-refractivity contribution is 5.75. The second kappa shape index (κ2) is 5.94. The lowest BCUT2D eigenvalue weighted by molar-refractivity contribution is -0.143. The molecule has 2 aliphatic rings. The van der Waals surface area contributed by atoms with E-state index in [-0.39, 0.29) is 12.0 Å². The number of nitrogens with one attached hydrogen (secondary N) is 1. The molecule has 1 aliphatic carbocycles. The molecule has 1 fully saturated rings. The molecule has 1 aliphatic heterocycles. The first-order chi connectivity index (χ1) is 9.76. The lowest BCUT2D eigenvalue weighted by Gasteiger charge is -2.20. The quantitative estimate of drug-likeness (QED) is 0.802. The van der Waals surface area contributed by atoms with Gasteiger partial charge in [0, 0.05) is 25.7 Å². The highest BCUT2D eigenvalue weighted by Gasteiger charge is 2.29. The predicted molar refractivity (Wildman–Crippen MR) is 77.1 cm³/mol. The molecule has 1 aromatic rings. The number of fused-ring (bicyclic) bond motifs is 1. The number of hydrogen-bond donors (Lipinski definition) is 1. The van der Waals surface area contributed by atoms with Crippen molar-refractivity contribution in [2.45, 2.75) is 44.4 Å². The number of benzene rings is 1. The summed E-state index contributed by atoms with van der Waals surface area (Å²) in [4.78, 5) is 14.2. The summed E-state index contributed by atoms with van der Waals surface area (Å²) in [7, 11) is 1.47. The molecule has 0 radical (unpaired) electrons. The molecule has 4 heteroatoms. The van der Waals surface area contributed by atoms with E-state index in [9.17, 15) is 4.79 Å². The third kappa shape index (κ3) is 3.19. The average molecular weight is 274 g/mol. The van der Waals surface area contributed by atoms with Gasteiger partial charge in [-0.05, 0) is 30.4 Å². The Morgan fingerprint density at radius 3 is 2.55 bits per heavy atom. The first kappa shape index (κ1) is 13.6. The minimum Gasteiger partial charge on any atom is -0.468 e. The summed E-state index contributed by atoms with van der Waals surface area (Å²) in [6, 6.07) is 8.93. The molecular weight excluding hydrogens is 252 g/mol. The van der Waals surface area contributed by atoms with Crippen molar-refractivity contribution in [1.29, 1.82) is 0 Å². The molecule has 1 atom stereocenters. The molecular formula is C16H22N2O2. The van der Waals surface area contributed by atoms with E-state index in [0.29, 0.717) is 6.04 Å². The molecule has 1 saturated carbocycles. The van der Waals surface area contributed by atoms with Gasteiger partial charge in [0.1, 0.15) is 6.04 Å². The zero-order valence-corrected chi connectivity index (χ0v) is 12.0. The van der Waals surface area contributed by atoms with Gasteiger partial charge in [-0.3, -0.25) is 9.69 Å². The predicted octanol–water partition coefficient (Wildman–Crippen LogP) is 1.69. The SMILES string of the molecule is COC(=O)C(CCN1Cc2ccccc2C1)NC1CC1. The van der Waals surface area contributed by atoms with Gasteiger partial charge < -0.3 is 10.1 Å². The van der Waals surface area contributed by atoms with Crippen LogP contribution in [0.2, 0.25) is 0 Å². The first-order valence-electron chi connectivity index (χ1n) is 7.39. The largest absolute Gasteiger partial charge is 0.468 e. The summed E-state index contributed by atoms with van der Waals surface area (Å²) in [5.41, 5.74) is 2.83. The molecule has 1 unspecified atom stereocenters. The van der Waals surface area contributed by atoms with Crippen LogP contribution in [-0.2, 0) is 22.6 Å². The molecule has 3 rings (SSSR count). The monoisotopic (exact) mass is 274 g/mol. The highest BCUT2D eigenvalue weighted by Crippen LogP contribution is 2.23. The summed E-state index contributed by atoms with van der Waals surface area (Å²) in [5, 5.41) is 3.39. The summed E-state index contributed by atoms with van der Waals surface area (Å²) in [5.74, 6) is -0.131. The number of ether oxygens (including phenoxy) is 1. The van der Waals surface area contributed by atoms with Gasteiger partial charge in [-0.2, -0.15) is 0 Å². The maximum atomic E-state index is 11.8. The fraction of sp³-hybridized carbons (Fsp3) is 0.562. The maximum Gasteiger partial charge on any atom is 0.322 e. The summed E-state index contributed by atoms with van der Waals surface area (Å²) < 4.78 is 4.90. The Morgan fingerprint density at radius 1 is 1.35 bits per heavy atom. The van der Waals surface area contributed by atoms with Crippen LogP contribution in [-0.4, -0.2) is 36.6 Å². The number of rotatable bonds is 6. The molecule has 20 heavy (non-hydrogen) atoms. The van der Waals surface area contributed by atoms with Gasteiger partial charge in [0.25, 0.3) is 0 Å². The van der Waals surface area contributed by atoms with Gasteiger partial charge in [0.05, 0.1) is 7.11 Å². The van der Waals surface area contributed by atoms with Crippen LogP contribution in [0.5, 0.6) is 0 Å². The second-order valence-electron chi connectivity index (χ2n) is 5.78. The van der Waals surface area contributed by atoms with Crippen LogP contribution in [0, 0.1) is 0 Å². The van der Waals surface area contributed by atoms with Gasteiger partial charge in [-0.15, -0.1) is 0 Å². The fourth-order valence-electron chi connectivity index (χ4n) is 2.82. The number of nitrogens with zero attached hydrogens (tertiary/aromatic N) is 1. The molecule has 108 valence electrons. The van der Waals surface area contributed by atoms with E-state index < -0.39 is 0 Å². The summed E-state index contributed by atoms with van der Waals surface area (Å²) in [6.07, 6.45) is 3.18. The van der Waals surface area contributed by atoms with Gasteiger partial charge in [-0.25, -0.2) is 0 Å². The van der Waals surface area contributed by atoms with Gasteiger partial charge >= 0.3 is 5.97 Å². The number of esters is 1. The van der Waals surface area contributed by atoms with E-state index >= 15 is 0 Å². The third-order valence-electron chi connectivity index (χ3n) is 4.14. The highest BCUT2D eigenvalue weighted by atomic mass is 16.5. The molecule has 0 amide bonds. The van der Waals surface area contributed by atoms with Crippen molar-refractivity contribution >= 4 is 5.97 Å². The van der Waals surface area contributed by atoms with Crippen LogP contribution in [0.1, 0.15) is 30.4 Å². The topological polar surface area (TPSA) is 41.6 Å². The molecule has 0 spiro atoms. The number of hydrogen-bond acceptors (Lipinski definition) is 4. The first-order valence-corrected chi connectivity index (χ1v) is 7.39. The Morgan fingerprint density at radius 2 is 2.00 bits per heavy atom. The molecule has 1 N–H and O–H groups in total. The van der Waals surface area contributed by atoms with E-state index in [1.807, 2.05) is 0 Å². The van der Waals surface area contributed by atoms with Crippen molar-refractivity contribution < 1.29 is 9.53 Å². The van der Waals surface area contributed by atoms with Gasteiger partial charge in [0.2, 0.25) is 0 Å². The Bertz CT molecular complexity index is 460. The molecule has 0 saturated heterocycles. The maximum absolute atomic E-state index is 11.8. The fourth-order valence-corrected chi connectivity index (χ4v) is 2.82. The van der Waals surface area contributed by atoms with E-state index in [0.717, 1.165) is 26.1 Å². The summed E-state index contributed by atoms with van der Waals surface area (Å²) in [6.45, 7) is 2.91. The zero-order chi connectivity index (χ0) is 13.9. The van der Waals surface area contributed by atoms with Gasteiger partial charge in [0.15, 0.2) is 0 Å². The number of carbonyl (C=O) groups excluding carboxylic acids is 1.